The van der Waals surface area contributed by atoms with Crippen LogP contribution in [0.5, 0.6) is 5.75 Å². The summed E-state index contributed by atoms with van der Waals surface area (Å²) in [6.45, 7) is 7.12. The van der Waals surface area contributed by atoms with Crippen molar-refractivity contribution in [2.24, 2.45) is 0 Å². The monoisotopic (exact) mass is 775 g/mol. The molecule has 1 aliphatic carbocycles. The number of hydrogen-bond acceptors (Lipinski definition) is 8. The molecular formula is C37H44BrCl2N3O6. The molecule has 264 valence electrons. The summed E-state index contributed by atoms with van der Waals surface area (Å²) < 4.78 is 17.6. The molecule has 2 N–H and O–H groups in total. The number of benzene rings is 3. The van der Waals surface area contributed by atoms with Crippen molar-refractivity contribution in [3.8, 4) is 5.75 Å². The van der Waals surface area contributed by atoms with E-state index in [9.17, 15) is 14.4 Å². The minimum Gasteiger partial charge on any atom is -0.497 e. The maximum Gasteiger partial charge on any atom is 0.338 e. The Morgan fingerprint density at radius 2 is 1.63 bits per heavy atom. The number of nitrogens with zero attached hydrogens (tertiary/aromatic N) is 2. The normalized spacial score (nSPS) is 12.9. The molecule has 1 saturated carbocycles. The van der Waals surface area contributed by atoms with Gasteiger partial charge in [-0.05, 0) is 108 Å². The highest BCUT2D eigenvalue weighted by Gasteiger charge is 2.22. The van der Waals surface area contributed by atoms with Crippen LogP contribution in [-0.4, -0.2) is 60.2 Å². The molecule has 49 heavy (non-hydrogen) atoms. The van der Waals surface area contributed by atoms with Crippen molar-refractivity contribution >= 4 is 74.4 Å². The van der Waals surface area contributed by atoms with Crippen LogP contribution in [0.15, 0.2) is 65.1 Å². The van der Waals surface area contributed by atoms with Crippen LogP contribution in [0, 0.1) is 6.92 Å². The van der Waals surface area contributed by atoms with E-state index in [1.807, 2.05) is 31.2 Å². The topological polar surface area (TPSA) is 113 Å². The lowest BCUT2D eigenvalue weighted by atomic mass is 9.93. The molecule has 0 radical (unpaired) electrons. The Morgan fingerprint density at radius 1 is 0.959 bits per heavy atom. The second-order valence-electron chi connectivity index (χ2n) is 11.7. The van der Waals surface area contributed by atoms with E-state index in [-0.39, 0.29) is 31.5 Å². The maximum atomic E-state index is 12.7. The number of ether oxygens (including phenoxy) is 3. The van der Waals surface area contributed by atoms with Crippen LogP contribution in [0.25, 0.3) is 10.9 Å². The number of halogens is 3. The van der Waals surface area contributed by atoms with Gasteiger partial charge in [-0.1, -0.05) is 37.8 Å². The van der Waals surface area contributed by atoms with Gasteiger partial charge in [-0.25, -0.2) is 4.79 Å². The first kappa shape index (κ1) is 39.9. The first-order valence-corrected chi connectivity index (χ1v) is 17.3. The molecule has 1 heterocycles. The van der Waals surface area contributed by atoms with Gasteiger partial charge in [0.1, 0.15) is 19.0 Å². The van der Waals surface area contributed by atoms with E-state index >= 15 is 0 Å². The molecule has 0 unspecified atom stereocenters. The van der Waals surface area contributed by atoms with Crippen molar-refractivity contribution in [2.45, 2.75) is 65.5 Å². The van der Waals surface area contributed by atoms with E-state index in [2.05, 4.69) is 27.8 Å². The predicted octanol–water partition coefficient (Wildman–Crippen LogP) is 8.63. The Bertz CT molecular complexity index is 1740. The molecule has 0 bridgehead atoms. The Kier molecular flexibility index (Phi) is 15.4. The van der Waals surface area contributed by atoms with E-state index in [1.165, 1.54) is 39.0 Å². The number of esters is 2. The third kappa shape index (κ3) is 10.7. The number of hydrogen-bond donors (Lipinski definition) is 1. The number of methoxy groups -OCH3 is 1. The van der Waals surface area contributed by atoms with Gasteiger partial charge < -0.3 is 19.9 Å². The van der Waals surface area contributed by atoms with Crippen molar-refractivity contribution in [3.05, 3.63) is 92.5 Å². The highest BCUT2D eigenvalue weighted by molar-refractivity contribution is 9.10. The number of nitrogens with two attached hydrogens (primary N) is 1. The van der Waals surface area contributed by atoms with E-state index in [0.717, 1.165) is 34.5 Å². The molecule has 1 fully saturated rings. The summed E-state index contributed by atoms with van der Waals surface area (Å²) in [5, 5.41) is 1.60. The largest absolute Gasteiger partial charge is 0.497 e. The summed E-state index contributed by atoms with van der Waals surface area (Å²) in [5.74, 6) is -0.140. The van der Waals surface area contributed by atoms with Crippen LogP contribution in [0.4, 0.5) is 5.69 Å². The SMILES string of the molecule is CCN(Cc1cc(C(=O)OCCOC(C)=O)cc(Br)c1N)C1CCCCC1.COc1ccc2c(c1)cc(C)n2C(=O)c1ccc(Cl)cc1.Cl. The predicted molar refractivity (Wildman–Crippen MR) is 200 cm³/mol. The lowest BCUT2D eigenvalue weighted by Gasteiger charge is -2.34. The Labute approximate surface area is 307 Å². The van der Waals surface area contributed by atoms with Crippen molar-refractivity contribution < 1.29 is 28.6 Å². The Morgan fingerprint density at radius 3 is 2.27 bits per heavy atom. The Hall–Kier alpha value is -3.57. The first-order chi connectivity index (χ1) is 23.0. The summed E-state index contributed by atoms with van der Waals surface area (Å²) in [5.41, 5.74) is 10.6. The third-order valence-corrected chi connectivity index (χ3v) is 9.34. The summed E-state index contributed by atoms with van der Waals surface area (Å²) >= 11 is 9.32. The highest BCUT2D eigenvalue weighted by Crippen LogP contribution is 2.30. The zero-order valence-electron chi connectivity index (χ0n) is 28.3. The lowest BCUT2D eigenvalue weighted by Crippen LogP contribution is -2.36. The number of anilines is 1. The van der Waals surface area contributed by atoms with E-state index < -0.39 is 11.9 Å². The quantitative estimate of drug-likeness (QED) is 0.0968. The van der Waals surface area contributed by atoms with Crippen molar-refractivity contribution in [3.63, 3.8) is 0 Å². The number of carbonyl (C=O) groups excluding carboxylic acids is 3. The molecule has 3 aromatic carbocycles. The number of fused-ring (bicyclic) bond motifs is 1. The number of aromatic nitrogens is 1. The molecule has 5 rings (SSSR count). The van der Waals surface area contributed by atoms with E-state index in [0.29, 0.717) is 38.9 Å². The van der Waals surface area contributed by atoms with Crippen molar-refractivity contribution in [1.29, 1.82) is 0 Å². The molecule has 0 spiro atoms. The first-order valence-electron chi connectivity index (χ1n) is 16.1. The summed E-state index contributed by atoms with van der Waals surface area (Å²) in [6.07, 6.45) is 6.29. The van der Waals surface area contributed by atoms with Crippen LogP contribution < -0.4 is 10.5 Å². The van der Waals surface area contributed by atoms with E-state index in [4.69, 9.17) is 31.5 Å². The number of nitrogen functional groups attached to an aromatic ring is 1. The zero-order valence-corrected chi connectivity index (χ0v) is 31.5. The van der Waals surface area contributed by atoms with Crippen LogP contribution in [0.1, 0.15) is 77.9 Å². The van der Waals surface area contributed by atoms with Crippen LogP contribution in [-0.2, 0) is 20.8 Å². The minimum atomic E-state index is -0.454. The molecule has 12 heteroatoms. The zero-order chi connectivity index (χ0) is 34.8. The number of rotatable bonds is 10. The molecule has 0 amide bonds. The van der Waals surface area contributed by atoms with Crippen LogP contribution in [0.3, 0.4) is 0 Å². The van der Waals surface area contributed by atoms with Gasteiger partial charge in [0.05, 0.1) is 23.9 Å². The van der Waals surface area contributed by atoms with Gasteiger partial charge in [0.15, 0.2) is 0 Å². The molecular weight excluding hydrogens is 733 g/mol. The molecule has 4 aromatic rings. The lowest BCUT2D eigenvalue weighted by molar-refractivity contribution is -0.142. The fraction of sp³-hybridized carbons (Fsp3) is 0.378. The van der Waals surface area contributed by atoms with Gasteiger partial charge in [0, 0.05) is 45.6 Å². The van der Waals surface area contributed by atoms with Crippen molar-refractivity contribution in [2.75, 3.05) is 32.6 Å². The standard InChI is InChI=1S/C20H29BrN2O4.C17H14ClNO2.ClH/c1-3-23(17-7-5-4-6-8-17)13-16-11-15(12-18(21)19(16)22)20(25)27-10-9-26-14(2)24;1-11-9-13-10-15(21-2)7-8-16(13)19(11)17(20)12-3-5-14(18)6-4-12;/h11-12,17H,3-10,13,22H2,1-2H3;3-10H,1-2H3;1H. The maximum absolute atomic E-state index is 12.7. The van der Waals surface area contributed by atoms with Crippen molar-refractivity contribution in [1.82, 2.24) is 9.47 Å². The molecule has 0 aliphatic heterocycles. The van der Waals surface area contributed by atoms with Gasteiger partial charge in [0.25, 0.3) is 5.91 Å². The van der Waals surface area contributed by atoms with Gasteiger partial charge in [-0.15, -0.1) is 12.4 Å². The smallest absolute Gasteiger partial charge is 0.338 e. The average molecular weight is 778 g/mol. The molecule has 1 aliphatic rings. The Balaban J connectivity index is 0.000000267. The fourth-order valence-electron chi connectivity index (χ4n) is 5.94. The molecule has 1 aromatic heterocycles. The van der Waals surface area contributed by atoms with Gasteiger partial charge in [0.2, 0.25) is 0 Å². The fourth-order valence-corrected chi connectivity index (χ4v) is 6.57. The number of carbonyl (C=O) groups is 3. The summed E-state index contributed by atoms with van der Waals surface area (Å²) in [4.78, 5) is 38.2. The van der Waals surface area contributed by atoms with Crippen LogP contribution in [0.2, 0.25) is 5.02 Å². The summed E-state index contributed by atoms with van der Waals surface area (Å²) in [6, 6.07) is 18.6. The second-order valence-corrected chi connectivity index (χ2v) is 13.0. The average Bonchev–Trinajstić information content (AvgIpc) is 3.42. The third-order valence-electron chi connectivity index (χ3n) is 8.43. The van der Waals surface area contributed by atoms with Crippen LogP contribution >= 0.6 is 39.9 Å². The van der Waals surface area contributed by atoms with Gasteiger partial charge >= 0.3 is 11.9 Å². The van der Waals surface area contributed by atoms with E-state index in [1.54, 1.807) is 48.1 Å². The summed E-state index contributed by atoms with van der Waals surface area (Å²) in [7, 11) is 1.63. The number of aryl methyl sites for hydroxylation is 1. The molecule has 0 atom stereocenters. The van der Waals surface area contributed by atoms with Gasteiger partial charge in [-0.3, -0.25) is 19.1 Å². The highest BCUT2D eigenvalue weighted by atomic mass is 79.9. The minimum absolute atomic E-state index is 0. The molecule has 0 saturated heterocycles. The van der Waals surface area contributed by atoms with Gasteiger partial charge in [-0.2, -0.15) is 0 Å². The second kappa shape index (κ2) is 19.0. The molecule has 9 nitrogen and oxygen atoms in total.